The lowest BCUT2D eigenvalue weighted by molar-refractivity contribution is 0.176. The van der Waals surface area contributed by atoms with Gasteiger partial charge in [0.1, 0.15) is 0 Å². The summed E-state index contributed by atoms with van der Waals surface area (Å²) >= 11 is 0. The third kappa shape index (κ3) is 4.83. The van der Waals surface area contributed by atoms with Crippen molar-refractivity contribution in [2.45, 2.75) is 70.0 Å². The van der Waals surface area contributed by atoms with E-state index in [4.69, 9.17) is 0 Å². The van der Waals surface area contributed by atoms with Crippen molar-refractivity contribution in [3.63, 3.8) is 0 Å². The van der Waals surface area contributed by atoms with Crippen molar-refractivity contribution in [2.24, 2.45) is 5.92 Å². The molecule has 1 saturated carbocycles. The molecule has 0 radical (unpaired) electrons. The highest BCUT2D eigenvalue weighted by atomic mass is 32.2. The molecule has 0 spiro atoms. The lowest BCUT2D eigenvalue weighted by Crippen LogP contribution is -2.53. The summed E-state index contributed by atoms with van der Waals surface area (Å²) in [5, 5.41) is 7.50. The van der Waals surface area contributed by atoms with Crippen molar-refractivity contribution in [3.05, 3.63) is 0 Å². The molecule has 2 aliphatic rings. The predicted molar refractivity (Wildman–Crippen MR) is 82.9 cm³/mol. The Morgan fingerprint density at radius 3 is 2.63 bits per heavy atom. The lowest BCUT2D eigenvalue weighted by Gasteiger charge is -2.41. The Hall–Kier alpha value is 0.0700. The van der Waals surface area contributed by atoms with E-state index < -0.39 is 10.8 Å². The van der Waals surface area contributed by atoms with Crippen molar-refractivity contribution in [1.82, 2.24) is 10.6 Å². The van der Waals surface area contributed by atoms with Gasteiger partial charge < -0.3 is 10.6 Å². The highest BCUT2D eigenvalue weighted by Crippen LogP contribution is 2.30. The summed E-state index contributed by atoms with van der Waals surface area (Å²) in [7, 11) is -0.694. The summed E-state index contributed by atoms with van der Waals surface area (Å²) in [6.45, 7) is 3.38. The molecule has 0 aromatic heterocycles. The van der Waals surface area contributed by atoms with E-state index in [9.17, 15) is 4.21 Å². The van der Waals surface area contributed by atoms with Crippen LogP contribution in [0.4, 0.5) is 0 Å². The Morgan fingerprint density at radius 2 is 1.95 bits per heavy atom. The van der Waals surface area contributed by atoms with Crippen LogP contribution in [0.2, 0.25) is 0 Å². The molecule has 0 aromatic rings. The van der Waals surface area contributed by atoms with E-state index in [2.05, 4.69) is 17.6 Å². The highest BCUT2D eigenvalue weighted by molar-refractivity contribution is 7.84. The molecule has 0 amide bonds. The molecule has 1 heterocycles. The molecule has 4 heteroatoms. The summed E-state index contributed by atoms with van der Waals surface area (Å²) < 4.78 is 11.3. The minimum absolute atomic E-state index is 0.375. The zero-order valence-electron chi connectivity index (χ0n) is 12.5. The quantitative estimate of drug-likeness (QED) is 0.813. The molecule has 112 valence electrons. The van der Waals surface area contributed by atoms with Crippen LogP contribution in [0.15, 0.2) is 0 Å². The van der Waals surface area contributed by atoms with E-state index in [1.54, 1.807) is 6.26 Å². The van der Waals surface area contributed by atoms with Gasteiger partial charge in [-0.05, 0) is 45.1 Å². The monoisotopic (exact) mass is 286 g/mol. The Balaban J connectivity index is 1.89. The maximum atomic E-state index is 11.3. The summed E-state index contributed by atoms with van der Waals surface area (Å²) in [6.07, 6.45) is 11.3. The minimum Gasteiger partial charge on any atom is -0.314 e. The van der Waals surface area contributed by atoms with Crippen LogP contribution in [-0.4, -0.2) is 40.9 Å². The molecule has 2 rings (SSSR count). The fourth-order valence-corrected chi connectivity index (χ4v) is 4.66. The second-order valence-electron chi connectivity index (χ2n) is 6.42. The maximum absolute atomic E-state index is 11.3. The first-order valence-corrected chi connectivity index (χ1v) is 9.69. The van der Waals surface area contributed by atoms with Gasteiger partial charge in [0.05, 0.1) is 0 Å². The van der Waals surface area contributed by atoms with Crippen molar-refractivity contribution in [1.29, 1.82) is 0 Å². The van der Waals surface area contributed by atoms with Gasteiger partial charge in [-0.15, -0.1) is 0 Å². The molecular formula is C15H30N2OS. The van der Waals surface area contributed by atoms with Gasteiger partial charge in [0.15, 0.2) is 0 Å². The smallest absolute Gasteiger partial charge is 0.0383 e. The van der Waals surface area contributed by atoms with Crippen LogP contribution < -0.4 is 10.6 Å². The molecule has 5 unspecified atom stereocenters. The van der Waals surface area contributed by atoms with Crippen LogP contribution in [0.5, 0.6) is 0 Å². The van der Waals surface area contributed by atoms with Gasteiger partial charge in [0.25, 0.3) is 0 Å². The average molecular weight is 286 g/mol. The molecule has 1 saturated heterocycles. The fraction of sp³-hybridized carbons (Fsp3) is 1.00. The summed E-state index contributed by atoms with van der Waals surface area (Å²) in [5.41, 5.74) is 0. The number of hydrogen-bond donors (Lipinski definition) is 2. The van der Waals surface area contributed by atoms with E-state index in [1.165, 1.54) is 51.5 Å². The fourth-order valence-electron chi connectivity index (χ4n) is 3.86. The normalized spacial score (nSPS) is 35.8. The van der Waals surface area contributed by atoms with Crippen LogP contribution in [0.1, 0.15) is 51.9 Å². The van der Waals surface area contributed by atoms with Gasteiger partial charge in [0.2, 0.25) is 0 Å². The minimum atomic E-state index is -0.694. The number of rotatable bonds is 5. The van der Waals surface area contributed by atoms with Crippen LogP contribution in [0.25, 0.3) is 0 Å². The molecule has 5 atom stereocenters. The highest BCUT2D eigenvalue weighted by Gasteiger charge is 2.32. The third-order valence-electron chi connectivity index (χ3n) is 4.67. The molecule has 0 aromatic carbocycles. The van der Waals surface area contributed by atoms with Crippen molar-refractivity contribution in [3.8, 4) is 0 Å². The van der Waals surface area contributed by atoms with Gasteiger partial charge in [-0.2, -0.15) is 0 Å². The summed E-state index contributed by atoms with van der Waals surface area (Å²) in [4.78, 5) is 0. The lowest BCUT2D eigenvalue weighted by atomic mass is 9.77. The number of piperidine rings is 1. The first kappa shape index (κ1) is 15.5. The molecule has 2 fully saturated rings. The van der Waals surface area contributed by atoms with Crippen LogP contribution in [0.3, 0.4) is 0 Å². The van der Waals surface area contributed by atoms with Crippen molar-refractivity contribution < 1.29 is 4.21 Å². The average Bonchev–Trinajstić information content (AvgIpc) is 2.39. The molecule has 19 heavy (non-hydrogen) atoms. The molecule has 2 N–H and O–H groups in total. The second kappa shape index (κ2) is 7.75. The molecular weight excluding hydrogens is 256 g/mol. The molecule has 1 aliphatic carbocycles. The third-order valence-corrected chi connectivity index (χ3v) is 5.64. The maximum Gasteiger partial charge on any atom is 0.0383 e. The zero-order valence-corrected chi connectivity index (χ0v) is 13.3. The standard InChI is InChI=1S/C15H30N2OS/c1-12(11-19(2)18)17-15-9-4-3-7-13(15)14-8-5-6-10-16-14/h12-17H,3-11H2,1-2H3. The number of nitrogens with one attached hydrogen (secondary N) is 2. The van der Waals surface area contributed by atoms with Crippen LogP contribution in [0, 0.1) is 5.92 Å². The van der Waals surface area contributed by atoms with Crippen LogP contribution in [-0.2, 0) is 10.8 Å². The van der Waals surface area contributed by atoms with Gasteiger partial charge in [-0.3, -0.25) is 4.21 Å². The Morgan fingerprint density at radius 1 is 1.21 bits per heavy atom. The summed E-state index contributed by atoms with van der Waals surface area (Å²) in [5.74, 6) is 1.56. The van der Waals surface area contributed by atoms with Crippen molar-refractivity contribution in [2.75, 3.05) is 18.6 Å². The SMILES string of the molecule is CC(CS(C)=O)NC1CCCCC1C1CCCCN1. The van der Waals surface area contributed by atoms with Crippen molar-refractivity contribution >= 4 is 10.8 Å². The van der Waals surface area contributed by atoms with E-state index >= 15 is 0 Å². The predicted octanol–water partition coefficient (Wildman–Crippen LogP) is 2.04. The largest absolute Gasteiger partial charge is 0.314 e. The summed E-state index contributed by atoms with van der Waals surface area (Å²) in [6, 6.07) is 1.72. The number of hydrogen-bond acceptors (Lipinski definition) is 3. The molecule has 3 nitrogen and oxygen atoms in total. The van der Waals surface area contributed by atoms with Gasteiger partial charge >= 0.3 is 0 Å². The van der Waals surface area contributed by atoms with Crippen LogP contribution >= 0.6 is 0 Å². The van der Waals surface area contributed by atoms with E-state index in [0.717, 1.165) is 11.7 Å². The Bertz CT molecular complexity index is 292. The first-order valence-electron chi connectivity index (χ1n) is 7.96. The van der Waals surface area contributed by atoms with Gasteiger partial charge in [-0.1, -0.05) is 19.3 Å². The molecule has 0 bridgehead atoms. The Labute approximate surface area is 120 Å². The zero-order chi connectivity index (χ0) is 13.7. The van der Waals surface area contributed by atoms with Gasteiger partial charge in [0, 0.05) is 40.9 Å². The van der Waals surface area contributed by atoms with E-state index in [0.29, 0.717) is 18.1 Å². The first-order chi connectivity index (χ1) is 9.16. The second-order valence-corrected chi connectivity index (χ2v) is 7.90. The van der Waals surface area contributed by atoms with Gasteiger partial charge in [-0.25, -0.2) is 0 Å². The molecule has 1 aliphatic heterocycles. The topological polar surface area (TPSA) is 41.1 Å². The van der Waals surface area contributed by atoms with E-state index in [1.807, 2.05) is 0 Å². The van der Waals surface area contributed by atoms with E-state index in [-0.39, 0.29) is 0 Å². The Kier molecular flexibility index (Phi) is 6.30.